The fourth-order valence-corrected chi connectivity index (χ4v) is 3.57. The van der Waals surface area contributed by atoms with Gasteiger partial charge in [0.15, 0.2) is 0 Å². The van der Waals surface area contributed by atoms with Gasteiger partial charge in [0.05, 0.1) is 0 Å². The SMILES string of the molecule is Cc1nnc(NS(=O)(=O)c2c[nH]c(CNC3CC3)c2)s1. The van der Waals surface area contributed by atoms with E-state index in [1.165, 1.54) is 30.4 Å². The maximum absolute atomic E-state index is 12.2. The molecule has 1 fully saturated rings. The van der Waals surface area contributed by atoms with Gasteiger partial charge in [-0.2, -0.15) is 0 Å². The third kappa shape index (κ3) is 3.17. The minimum atomic E-state index is -3.60. The molecule has 108 valence electrons. The lowest BCUT2D eigenvalue weighted by molar-refractivity contribution is 0.601. The number of aryl methyl sites for hydroxylation is 1. The summed E-state index contributed by atoms with van der Waals surface area (Å²) in [4.78, 5) is 3.18. The summed E-state index contributed by atoms with van der Waals surface area (Å²) in [5.74, 6) is 0. The molecule has 1 aliphatic rings. The summed E-state index contributed by atoms with van der Waals surface area (Å²) in [6.45, 7) is 2.42. The lowest BCUT2D eigenvalue weighted by atomic mass is 10.4. The molecule has 0 bridgehead atoms. The number of rotatable bonds is 6. The first-order valence-corrected chi connectivity index (χ1v) is 8.56. The Labute approximate surface area is 120 Å². The Hall–Kier alpha value is -1.45. The number of aromatic nitrogens is 3. The summed E-state index contributed by atoms with van der Waals surface area (Å²) in [5.41, 5.74) is 0.853. The van der Waals surface area contributed by atoms with Crippen LogP contribution in [-0.2, 0) is 16.6 Å². The summed E-state index contributed by atoms with van der Waals surface area (Å²) in [7, 11) is -3.60. The number of nitrogens with one attached hydrogen (secondary N) is 3. The quantitative estimate of drug-likeness (QED) is 0.745. The van der Waals surface area contributed by atoms with Crippen molar-refractivity contribution in [1.82, 2.24) is 20.5 Å². The second-order valence-electron chi connectivity index (χ2n) is 4.75. The van der Waals surface area contributed by atoms with Crippen LogP contribution in [0.15, 0.2) is 17.2 Å². The van der Waals surface area contributed by atoms with E-state index in [0.717, 1.165) is 5.69 Å². The molecule has 7 nitrogen and oxygen atoms in total. The maximum Gasteiger partial charge on any atom is 0.265 e. The molecule has 1 saturated carbocycles. The molecule has 2 aromatic heterocycles. The lowest BCUT2D eigenvalue weighted by Gasteiger charge is -2.01. The molecule has 2 aromatic rings. The molecule has 0 saturated heterocycles. The van der Waals surface area contributed by atoms with Crippen LogP contribution in [0, 0.1) is 6.92 Å². The van der Waals surface area contributed by atoms with Crippen LogP contribution in [0.4, 0.5) is 5.13 Å². The molecule has 0 atom stereocenters. The lowest BCUT2D eigenvalue weighted by Crippen LogP contribution is -2.15. The van der Waals surface area contributed by atoms with Crippen LogP contribution in [-0.4, -0.2) is 29.6 Å². The first-order chi connectivity index (χ1) is 9.53. The van der Waals surface area contributed by atoms with Crippen molar-refractivity contribution in [3.63, 3.8) is 0 Å². The first kappa shape index (κ1) is 13.5. The third-order valence-corrected chi connectivity index (χ3v) is 5.13. The molecule has 1 aliphatic carbocycles. The standard InChI is InChI=1S/C11H15N5O2S2/c1-7-14-15-11(19-7)16-20(17,18)10-4-9(13-6-10)5-12-8-2-3-8/h4,6,8,12-13H,2-3,5H2,1H3,(H,15,16). The fraction of sp³-hybridized carbons (Fsp3) is 0.455. The van der Waals surface area contributed by atoms with Gasteiger partial charge in [0, 0.05) is 24.5 Å². The summed E-state index contributed by atoms with van der Waals surface area (Å²) >= 11 is 1.20. The zero-order valence-corrected chi connectivity index (χ0v) is 12.5. The second kappa shape index (κ2) is 5.15. The van der Waals surface area contributed by atoms with Gasteiger partial charge in [-0.05, 0) is 25.8 Å². The van der Waals surface area contributed by atoms with E-state index in [1.54, 1.807) is 13.0 Å². The molecular formula is C11H15N5O2S2. The van der Waals surface area contributed by atoms with Crippen molar-refractivity contribution in [2.24, 2.45) is 0 Å². The molecule has 0 unspecified atom stereocenters. The Morgan fingerprint density at radius 1 is 1.45 bits per heavy atom. The van der Waals surface area contributed by atoms with E-state index in [4.69, 9.17) is 0 Å². The molecule has 0 amide bonds. The van der Waals surface area contributed by atoms with Crippen LogP contribution in [0.2, 0.25) is 0 Å². The Morgan fingerprint density at radius 3 is 2.90 bits per heavy atom. The van der Waals surface area contributed by atoms with Gasteiger partial charge >= 0.3 is 0 Å². The van der Waals surface area contributed by atoms with Gasteiger partial charge in [-0.1, -0.05) is 11.3 Å². The zero-order chi connectivity index (χ0) is 14.2. The van der Waals surface area contributed by atoms with E-state index in [9.17, 15) is 8.42 Å². The maximum atomic E-state index is 12.2. The normalized spacial score (nSPS) is 15.4. The highest BCUT2D eigenvalue weighted by Crippen LogP contribution is 2.21. The van der Waals surface area contributed by atoms with Gasteiger partial charge < -0.3 is 10.3 Å². The molecular weight excluding hydrogens is 298 g/mol. The number of H-pyrrole nitrogens is 1. The predicted octanol–water partition coefficient (Wildman–Crippen LogP) is 1.23. The Balaban J connectivity index is 1.69. The third-order valence-electron chi connectivity index (χ3n) is 2.93. The molecule has 0 spiro atoms. The number of hydrogen-bond donors (Lipinski definition) is 3. The number of nitrogens with zero attached hydrogens (tertiary/aromatic N) is 2. The van der Waals surface area contributed by atoms with Gasteiger partial charge in [-0.15, -0.1) is 10.2 Å². The topological polar surface area (TPSA) is 99.8 Å². The molecule has 9 heteroatoms. The molecule has 0 radical (unpaired) electrons. The van der Waals surface area contributed by atoms with Crippen LogP contribution < -0.4 is 10.0 Å². The van der Waals surface area contributed by atoms with Gasteiger partial charge in [-0.25, -0.2) is 8.42 Å². The van der Waals surface area contributed by atoms with Crippen LogP contribution in [0.5, 0.6) is 0 Å². The second-order valence-corrected chi connectivity index (χ2v) is 7.61. The summed E-state index contributed by atoms with van der Waals surface area (Å²) in [5, 5.41) is 11.9. The first-order valence-electron chi connectivity index (χ1n) is 6.26. The molecule has 2 heterocycles. The summed E-state index contributed by atoms with van der Waals surface area (Å²) in [6.07, 6.45) is 3.88. The van der Waals surface area contributed by atoms with Crippen molar-refractivity contribution >= 4 is 26.5 Å². The summed E-state index contributed by atoms with van der Waals surface area (Å²) in [6, 6.07) is 2.21. The van der Waals surface area contributed by atoms with E-state index in [1.807, 2.05) is 0 Å². The van der Waals surface area contributed by atoms with Crippen molar-refractivity contribution < 1.29 is 8.42 Å². The van der Waals surface area contributed by atoms with Crippen LogP contribution in [0.3, 0.4) is 0 Å². The smallest absolute Gasteiger partial charge is 0.265 e. The Kier molecular flexibility index (Phi) is 3.48. The van der Waals surface area contributed by atoms with E-state index in [0.29, 0.717) is 17.6 Å². The van der Waals surface area contributed by atoms with Crippen LogP contribution in [0.1, 0.15) is 23.5 Å². The van der Waals surface area contributed by atoms with Gasteiger partial charge in [0.25, 0.3) is 10.0 Å². The van der Waals surface area contributed by atoms with Gasteiger partial charge in [0.1, 0.15) is 9.90 Å². The minimum absolute atomic E-state index is 0.206. The average Bonchev–Trinajstić information content (AvgIpc) is 2.93. The van der Waals surface area contributed by atoms with Crippen molar-refractivity contribution in [1.29, 1.82) is 0 Å². The number of hydrogen-bond acceptors (Lipinski definition) is 6. The Bertz CT molecular complexity index is 702. The number of anilines is 1. The average molecular weight is 313 g/mol. The monoisotopic (exact) mass is 313 g/mol. The van der Waals surface area contributed by atoms with E-state index < -0.39 is 10.0 Å². The summed E-state index contributed by atoms with van der Waals surface area (Å²) < 4.78 is 26.7. The highest BCUT2D eigenvalue weighted by Gasteiger charge is 2.21. The van der Waals surface area contributed by atoms with Crippen LogP contribution >= 0.6 is 11.3 Å². The van der Waals surface area contributed by atoms with Gasteiger partial charge in [-0.3, -0.25) is 4.72 Å². The molecule has 3 N–H and O–H groups in total. The molecule has 0 aliphatic heterocycles. The molecule has 20 heavy (non-hydrogen) atoms. The highest BCUT2D eigenvalue weighted by molar-refractivity contribution is 7.93. The van der Waals surface area contributed by atoms with Crippen molar-refractivity contribution in [2.75, 3.05) is 4.72 Å². The van der Waals surface area contributed by atoms with Crippen LogP contribution in [0.25, 0.3) is 0 Å². The van der Waals surface area contributed by atoms with E-state index in [-0.39, 0.29) is 10.0 Å². The fourth-order valence-electron chi connectivity index (χ4n) is 1.73. The number of sulfonamides is 1. The van der Waals surface area contributed by atoms with Crippen molar-refractivity contribution in [3.8, 4) is 0 Å². The predicted molar refractivity (Wildman–Crippen MR) is 76.1 cm³/mol. The number of aromatic amines is 1. The van der Waals surface area contributed by atoms with E-state index in [2.05, 4.69) is 25.2 Å². The molecule has 0 aromatic carbocycles. The van der Waals surface area contributed by atoms with E-state index >= 15 is 0 Å². The minimum Gasteiger partial charge on any atom is -0.363 e. The molecule has 3 rings (SSSR count). The Morgan fingerprint density at radius 2 is 2.25 bits per heavy atom. The zero-order valence-electron chi connectivity index (χ0n) is 10.9. The van der Waals surface area contributed by atoms with Crippen molar-refractivity contribution in [3.05, 3.63) is 23.0 Å². The van der Waals surface area contributed by atoms with Gasteiger partial charge in [0.2, 0.25) is 5.13 Å². The highest BCUT2D eigenvalue weighted by atomic mass is 32.2. The van der Waals surface area contributed by atoms with Crippen molar-refractivity contribution in [2.45, 2.75) is 37.2 Å². The largest absolute Gasteiger partial charge is 0.363 e.